The molecule has 17 nitrogen and oxygen atoms in total. The van der Waals surface area contributed by atoms with Gasteiger partial charge in [0.15, 0.2) is 23.7 Å². The highest BCUT2D eigenvalue weighted by atomic mass is 28.5. The number of aliphatic hydroxyl groups is 4. The predicted octanol–water partition coefficient (Wildman–Crippen LogP) is 1.15. The first-order chi connectivity index (χ1) is 26.3. The van der Waals surface area contributed by atoms with Crippen LogP contribution in [0.3, 0.4) is 0 Å². The lowest BCUT2D eigenvalue weighted by Crippen LogP contribution is -2.67. The molecule has 0 aromatic carbocycles. The van der Waals surface area contributed by atoms with Gasteiger partial charge in [0.05, 0.1) is 13.2 Å². The third-order valence-corrected chi connectivity index (χ3v) is 21.6. The standard InChI is InChI=1S/C26H46N2O7Si3.C11H12N2O6/c1-17(2)37(18(3)4)32-16-21-23(34-38(35-37,19(5)6)20(7)8)26(31,13-15-36(9,10)11)24(33-21)28-14-12-22(29)27-25(28)30;1-2-11(18)8(16)6(5-14)19-9(11)13-4-3-7(15)12-10(13)17/h12,14,17-21,23-24,31H,16H2,1-11H3,(H,27,29,30);1,3-4,6,8-9,14,16,18H,5H2,(H,12,15,17)/t21-,23-,24-,26-;6-,8-,9-,11-/m11/s1. The van der Waals surface area contributed by atoms with Gasteiger partial charge >= 0.3 is 28.5 Å². The first kappa shape index (κ1) is 46.5. The molecule has 0 radical (unpaired) electrons. The highest BCUT2D eigenvalue weighted by Gasteiger charge is 2.66. The molecule has 0 unspecified atom stereocenters. The summed E-state index contributed by atoms with van der Waals surface area (Å²) in [4.78, 5) is 51.5. The van der Waals surface area contributed by atoms with Gasteiger partial charge in [-0.15, -0.1) is 12.0 Å². The molecule has 0 aliphatic carbocycles. The number of aliphatic hydroxyl groups excluding tert-OH is 2. The van der Waals surface area contributed by atoms with E-state index in [-0.39, 0.29) is 28.8 Å². The minimum absolute atomic E-state index is 0.0401. The second kappa shape index (κ2) is 17.2. The summed E-state index contributed by atoms with van der Waals surface area (Å²) in [6.07, 6.45) is 0.669. The van der Waals surface area contributed by atoms with Crippen molar-refractivity contribution in [3.05, 3.63) is 66.2 Å². The number of rotatable bonds is 7. The summed E-state index contributed by atoms with van der Waals surface area (Å²) in [5.74, 6) is 5.07. The van der Waals surface area contributed by atoms with Crippen LogP contribution in [0.1, 0.15) is 67.8 Å². The maximum atomic E-state index is 12.9. The molecule has 3 saturated heterocycles. The normalized spacial score (nSPS) is 30.8. The molecule has 3 aliphatic heterocycles. The molecule has 8 atom stereocenters. The van der Waals surface area contributed by atoms with Gasteiger partial charge in [0.1, 0.15) is 32.5 Å². The maximum absolute atomic E-state index is 12.9. The molecule has 316 valence electrons. The fourth-order valence-corrected chi connectivity index (χ4v) is 19.3. The number of nitrogens with one attached hydrogen (secondary N) is 2. The molecule has 0 saturated carbocycles. The van der Waals surface area contributed by atoms with Gasteiger partial charge in [-0.2, -0.15) is 0 Å². The van der Waals surface area contributed by atoms with Crippen LogP contribution in [-0.2, 0) is 22.4 Å². The number of aromatic amines is 2. The summed E-state index contributed by atoms with van der Waals surface area (Å²) in [5, 5.41) is 41.4. The van der Waals surface area contributed by atoms with Crippen LogP contribution in [0, 0.1) is 23.8 Å². The van der Waals surface area contributed by atoms with E-state index >= 15 is 0 Å². The van der Waals surface area contributed by atoms with E-state index < -0.39 is 102 Å². The van der Waals surface area contributed by atoms with Crippen LogP contribution in [-0.4, -0.2) is 114 Å². The van der Waals surface area contributed by atoms with Gasteiger partial charge < -0.3 is 42.9 Å². The Labute approximate surface area is 334 Å². The Kier molecular flexibility index (Phi) is 14.0. The Hall–Kier alpha value is -3.23. The van der Waals surface area contributed by atoms with E-state index in [9.17, 15) is 34.5 Å². The molecule has 5 heterocycles. The third-order valence-electron chi connectivity index (χ3n) is 10.5. The van der Waals surface area contributed by atoms with Gasteiger partial charge in [-0.1, -0.05) is 86.9 Å². The van der Waals surface area contributed by atoms with Crippen molar-refractivity contribution in [2.75, 3.05) is 13.2 Å². The topological polar surface area (TPSA) is 237 Å². The first-order valence-corrected chi connectivity index (χ1v) is 26.5. The highest BCUT2D eigenvalue weighted by Crippen LogP contribution is 2.50. The Bertz CT molecular complexity index is 2080. The molecule has 20 heteroatoms. The van der Waals surface area contributed by atoms with Crippen LogP contribution in [0.4, 0.5) is 0 Å². The third kappa shape index (κ3) is 8.88. The molecule has 3 aliphatic rings. The SMILES string of the molecule is C#C[C@@]1(O)[C@H](O)[C@@H](CO)O[C@H]1n1ccc(=O)[nH]c1=O.CC(C)[Si]1(C(C)C)OC[C@H]2O[C@@H](n3ccc(=O)[nH]c3=O)[C@@](O)(C#C[Si](C)(C)C)[C@@H]2O[Si](C(C)C)(C(C)C)O1. The quantitative estimate of drug-likeness (QED) is 0.170. The van der Waals surface area contributed by atoms with Crippen LogP contribution in [0.5, 0.6) is 0 Å². The van der Waals surface area contributed by atoms with Crippen molar-refractivity contribution in [1.82, 2.24) is 19.1 Å². The van der Waals surface area contributed by atoms with Crippen LogP contribution in [0.25, 0.3) is 0 Å². The fraction of sp³-hybridized carbons (Fsp3) is 0.676. The van der Waals surface area contributed by atoms with Crippen LogP contribution in [0.2, 0.25) is 41.8 Å². The molecule has 6 N–H and O–H groups in total. The lowest BCUT2D eigenvalue weighted by atomic mass is 9.95. The molecule has 0 spiro atoms. The number of hydrogen-bond donors (Lipinski definition) is 6. The highest BCUT2D eigenvalue weighted by molar-refractivity contribution is 6.84. The number of fused-ring (bicyclic) bond motifs is 1. The van der Waals surface area contributed by atoms with Gasteiger partial charge in [0, 0.05) is 24.5 Å². The van der Waals surface area contributed by atoms with E-state index in [1.807, 2.05) is 10.9 Å². The molecule has 2 aromatic heterocycles. The monoisotopic (exact) mass is 850 g/mol. The first-order valence-electron chi connectivity index (χ1n) is 19.0. The van der Waals surface area contributed by atoms with Crippen LogP contribution in [0.15, 0.2) is 43.7 Å². The zero-order chi connectivity index (χ0) is 43.1. The summed E-state index contributed by atoms with van der Waals surface area (Å²) in [6, 6.07) is 2.27. The summed E-state index contributed by atoms with van der Waals surface area (Å²) in [7, 11) is -7.87. The second-order valence-electron chi connectivity index (χ2n) is 17.0. The minimum atomic E-state index is -3.09. The number of nitrogens with zero attached hydrogens (tertiary/aromatic N) is 2. The van der Waals surface area contributed by atoms with Crippen molar-refractivity contribution in [2.24, 2.45) is 0 Å². The van der Waals surface area contributed by atoms with E-state index in [1.165, 1.54) is 16.8 Å². The Morgan fingerprint density at radius 1 is 0.842 bits per heavy atom. The largest absolute Gasteiger partial charge is 0.414 e. The van der Waals surface area contributed by atoms with Crippen molar-refractivity contribution in [3.63, 3.8) is 0 Å². The smallest absolute Gasteiger partial charge is 0.335 e. The van der Waals surface area contributed by atoms with E-state index in [0.717, 1.165) is 16.8 Å². The number of hydrogen-bond acceptors (Lipinski definition) is 13. The predicted molar refractivity (Wildman–Crippen MR) is 217 cm³/mol. The van der Waals surface area contributed by atoms with E-state index in [0.29, 0.717) is 0 Å². The van der Waals surface area contributed by atoms with Crippen LogP contribution >= 0.6 is 0 Å². The molecule has 3 fully saturated rings. The van der Waals surface area contributed by atoms with E-state index in [1.54, 1.807) is 0 Å². The van der Waals surface area contributed by atoms with Crippen molar-refractivity contribution in [1.29, 1.82) is 0 Å². The summed E-state index contributed by atoms with van der Waals surface area (Å²) in [6.45, 7) is 22.8. The van der Waals surface area contributed by atoms with Gasteiger partial charge in [-0.05, 0) is 22.2 Å². The van der Waals surface area contributed by atoms with Crippen molar-refractivity contribution < 1.29 is 42.9 Å². The summed E-state index contributed by atoms with van der Waals surface area (Å²) >= 11 is 0. The van der Waals surface area contributed by atoms with Crippen molar-refractivity contribution >= 4 is 25.2 Å². The van der Waals surface area contributed by atoms with Gasteiger partial charge in [0.25, 0.3) is 11.1 Å². The Balaban J connectivity index is 0.000000316. The number of H-pyrrole nitrogens is 2. The zero-order valence-corrected chi connectivity index (χ0v) is 37.4. The lowest BCUT2D eigenvalue weighted by Gasteiger charge is -2.51. The zero-order valence-electron chi connectivity index (χ0n) is 34.4. The summed E-state index contributed by atoms with van der Waals surface area (Å²) < 4.78 is 34.8. The number of ether oxygens (including phenoxy) is 2. The summed E-state index contributed by atoms with van der Waals surface area (Å²) in [5.41, 5.74) is -3.10. The Morgan fingerprint density at radius 2 is 1.32 bits per heavy atom. The van der Waals surface area contributed by atoms with Crippen LogP contribution < -0.4 is 22.5 Å². The average Bonchev–Trinajstić information content (AvgIpc) is 3.51. The Morgan fingerprint density at radius 3 is 1.72 bits per heavy atom. The maximum Gasteiger partial charge on any atom is 0.335 e. The molecular weight excluding hydrogens is 793 g/mol. The molecule has 0 bridgehead atoms. The molecule has 5 rings (SSSR count). The second-order valence-corrected chi connectivity index (χ2v) is 30.6. The molecule has 57 heavy (non-hydrogen) atoms. The van der Waals surface area contributed by atoms with Gasteiger partial charge in [0.2, 0.25) is 0 Å². The molecular formula is C37H58N4O13Si3. The molecule has 2 aromatic rings. The van der Waals surface area contributed by atoms with Crippen molar-refractivity contribution in [3.8, 4) is 23.8 Å². The average molecular weight is 851 g/mol. The fourth-order valence-electron chi connectivity index (χ4n) is 7.45. The minimum Gasteiger partial charge on any atom is -0.414 e. The number of terminal acetylenes is 1. The lowest BCUT2D eigenvalue weighted by molar-refractivity contribution is -0.0764. The van der Waals surface area contributed by atoms with Gasteiger partial charge in [-0.25, -0.2) is 9.59 Å². The van der Waals surface area contributed by atoms with E-state index in [4.69, 9.17) is 34.0 Å². The van der Waals surface area contributed by atoms with Gasteiger partial charge in [-0.3, -0.25) is 28.7 Å². The number of aromatic nitrogens is 4. The molecule has 0 amide bonds. The van der Waals surface area contributed by atoms with E-state index in [2.05, 4.69) is 91.5 Å². The van der Waals surface area contributed by atoms with Crippen molar-refractivity contribution in [2.45, 2.75) is 145 Å².